The van der Waals surface area contributed by atoms with E-state index in [1.165, 1.54) is 5.56 Å². The zero-order chi connectivity index (χ0) is 17.6. The Morgan fingerprint density at radius 1 is 1.12 bits per heavy atom. The van der Waals surface area contributed by atoms with Crippen LogP contribution in [0.25, 0.3) is 0 Å². The predicted molar refractivity (Wildman–Crippen MR) is 104 cm³/mol. The Labute approximate surface area is 157 Å². The lowest BCUT2D eigenvalue weighted by atomic mass is 9.85. The molecule has 1 unspecified atom stereocenters. The van der Waals surface area contributed by atoms with Crippen molar-refractivity contribution >= 4 is 27.5 Å². The number of para-hydroxylation sites is 1. The van der Waals surface area contributed by atoms with Gasteiger partial charge < -0.3 is 4.90 Å². The highest BCUT2D eigenvalue weighted by Gasteiger charge is 2.33. The molecular formula is C21H21BrN2O. The van der Waals surface area contributed by atoms with E-state index >= 15 is 0 Å². The molecular weight excluding hydrogens is 376 g/mol. The molecule has 0 saturated heterocycles. The molecule has 0 spiro atoms. The second-order valence-corrected chi connectivity index (χ2v) is 7.16. The van der Waals surface area contributed by atoms with Crippen LogP contribution in [0.15, 0.2) is 48.5 Å². The number of nitrogens with zero attached hydrogens (tertiary/aromatic N) is 2. The maximum Gasteiger partial charge on any atom is 0.234 e. The molecule has 25 heavy (non-hydrogen) atoms. The fourth-order valence-electron chi connectivity index (χ4n) is 3.42. The first kappa shape index (κ1) is 17.7. The minimum Gasteiger partial charge on any atom is -0.312 e. The van der Waals surface area contributed by atoms with Crippen molar-refractivity contribution in [2.75, 3.05) is 16.8 Å². The second kappa shape index (κ2) is 8.31. The van der Waals surface area contributed by atoms with Gasteiger partial charge in [-0.25, -0.2) is 0 Å². The van der Waals surface area contributed by atoms with Crippen LogP contribution in [-0.4, -0.2) is 17.8 Å². The van der Waals surface area contributed by atoms with Crippen LogP contribution in [0.3, 0.4) is 0 Å². The monoisotopic (exact) mass is 396 g/mol. The molecule has 2 aromatic rings. The number of carbonyl (C=O) groups is 1. The molecule has 1 amide bonds. The summed E-state index contributed by atoms with van der Waals surface area (Å²) in [5.41, 5.74) is 3.78. The van der Waals surface area contributed by atoms with Gasteiger partial charge >= 0.3 is 0 Å². The number of carbonyl (C=O) groups excluding carboxylic acids is 1. The van der Waals surface area contributed by atoms with E-state index < -0.39 is 0 Å². The number of anilines is 1. The normalized spacial score (nSPS) is 16.4. The summed E-state index contributed by atoms with van der Waals surface area (Å²) >= 11 is 3.46. The lowest BCUT2D eigenvalue weighted by molar-refractivity contribution is -0.120. The number of nitriles is 1. The van der Waals surface area contributed by atoms with E-state index in [1.807, 2.05) is 41.3 Å². The maximum atomic E-state index is 13.2. The molecule has 3 rings (SSSR count). The van der Waals surface area contributed by atoms with Crippen LogP contribution in [0.4, 0.5) is 5.69 Å². The summed E-state index contributed by atoms with van der Waals surface area (Å²) in [7, 11) is 0. The zero-order valence-electron chi connectivity index (χ0n) is 14.1. The number of unbranched alkanes of at least 4 members (excludes halogenated alkanes) is 2. The molecule has 128 valence electrons. The molecule has 0 aromatic heterocycles. The van der Waals surface area contributed by atoms with E-state index in [1.54, 1.807) is 6.07 Å². The van der Waals surface area contributed by atoms with Crippen LogP contribution >= 0.6 is 15.9 Å². The topological polar surface area (TPSA) is 44.1 Å². The molecule has 3 nitrogen and oxygen atoms in total. The summed E-state index contributed by atoms with van der Waals surface area (Å²) in [5, 5.41) is 10.2. The van der Waals surface area contributed by atoms with Gasteiger partial charge in [0, 0.05) is 17.6 Å². The number of amides is 1. The van der Waals surface area contributed by atoms with Crippen molar-refractivity contribution in [3.63, 3.8) is 0 Å². The van der Waals surface area contributed by atoms with Gasteiger partial charge in [-0.1, -0.05) is 52.7 Å². The molecule has 0 fully saturated rings. The van der Waals surface area contributed by atoms with Crippen LogP contribution in [0.1, 0.15) is 41.9 Å². The molecule has 1 aliphatic rings. The summed E-state index contributed by atoms with van der Waals surface area (Å²) in [6.45, 7) is 0.747. The molecule has 0 bridgehead atoms. The lowest BCUT2D eigenvalue weighted by Gasteiger charge is -2.34. The van der Waals surface area contributed by atoms with Gasteiger partial charge in [0.2, 0.25) is 5.91 Å². The van der Waals surface area contributed by atoms with E-state index in [2.05, 4.69) is 28.1 Å². The molecule has 0 saturated carbocycles. The third-order valence-electron chi connectivity index (χ3n) is 4.70. The first-order valence-corrected chi connectivity index (χ1v) is 9.82. The highest BCUT2D eigenvalue weighted by molar-refractivity contribution is 9.09. The van der Waals surface area contributed by atoms with Crippen LogP contribution in [0.5, 0.6) is 0 Å². The number of halogens is 1. The summed E-state index contributed by atoms with van der Waals surface area (Å²) in [6.07, 6.45) is 3.92. The van der Waals surface area contributed by atoms with E-state index in [0.29, 0.717) is 12.0 Å². The fourth-order valence-corrected chi connectivity index (χ4v) is 3.81. The average molecular weight is 397 g/mol. The van der Waals surface area contributed by atoms with Gasteiger partial charge in [0.25, 0.3) is 0 Å². The second-order valence-electron chi connectivity index (χ2n) is 6.36. The fraction of sp³-hybridized carbons (Fsp3) is 0.333. The van der Waals surface area contributed by atoms with E-state index in [0.717, 1.165) is 42.4 Å². The third kappa shape index (κ3) is 3.93. The quantitative estimate of drug-likeness (QED) is 0.519. The highest BCUT2D eigenvalue weighted by atomic mass is 79.9. The summed E-state index contributed by atoms with van der Waals surface area (Å²) in [5.74, 6) is -0.0630. The molecule has 4 heteroatoms. The Morgan fingerprint density at radius 2 is 1.96 bits per heavy atom. The summed E-state index contributed by atoms with van der Waals surface area (Å²) in [6, 6.07) is 17.8. The van der Waals surface area contributed by atoms with Crippen molar-refractivity contribution in [1.29, 1.82) is 5.26 Å². The van der Waals surface area contributed by atoms with Crippen molar-refractivity contribution in [1.82, 2.24) is 0 Å². The Morgan fingerprint density at radius 3 is 2.76 bits per heavy atom. The highest BCUT2D eigenvalue weighted by Crippen LogP contribution is 2.35. The number of benzene rings is 2. The molecule has 2 aromatic carbocycles. The third-order valence-corrected chi connectivity index (χ3v) is 5.26. The Hall–Kier alpha value is -2.12. The predicted octanol–water partition coefficient (Wildman–Crippen LogP) is 4.80. The minimum atomic E-state index is -0.209. The van der Waals surface area contributed by atoms with E-state index in [4.69, 9.17) is 5.26 Å². The van der Waals surface area contributed by atoms with Crippen molar-refractivity contribution in [2.45, 2.75) is 31.6 Å². The zero-order valence-corrected chi connectivity index (χ0v) is 15.7. The van der Waals surface area contributed by atoms with Gasteiger partial charge in [-0.15, -0.1) is 0 Å². The van der Waals surface area contributed by atoms with Crippen molar-refractivity contribution in [3.05, 3.63) is 65.2 Å². The molecule has 1 aliphatic heterocycles. The summed E-state index contributed by atoms with van der Waals surface area (Å²) < 4.78 is 0. The lowest BCUT2D eigenvalue weighted by Crippen LogP contribution is -2.40. The van der Waals surface area contributed by atoms with Crippen LogP contribution < -0.4 is 4.90 Å². The first-order chi connectivity index (χ1) is 12.2. The van der Waals surface area contributed by atoms with Gasteiger partial charge in [-0.2, -0.15) is 5.26 Å². The smallest absolute Gasteiger partial charge is 0.234 e. The number of rotatable bonds is 6. The van der Waals surface area contributed by atoms with Gasteiger partial charge in [0.05, 0.1) is 17.6 Å². The van der Waals surface area contributed by atoms with Crippen LogP contribution in [-0.2, 0) is 11.2 Å². The van der Waals surface area contributed by atoms with Gasteiger partial charge in [0.1, 0.15) is 0 Å². The van der Waals surface area contributed by atoms with Crippen molar-refractivity contribution in [3.8, 4) is 6.07 Å². The van der Waals surface area contributed by atoms with Crippen LogP contribution in [0, 0.1) is 11.3 Å². The average Bonchev–Trinajstić information content (AvgIpc) is 2.66. The number of alkyl halides is 1. The van der Waals surface area contributed by atoms with Crippen molar-refractivity contribution in [2.24, 2.45) is 0 Å². The minimum absolute atomic E-state index is 0.146. The number of hydrogen-bond acceptors (Lipinski definition) is 2. The number of hydrogen-bond donors (Lipinski definition) is 0. The largest absolute Gasteiger partial charge is 0.312 e. The molecule has 1 heterocycles. The number of fused-ring (bicyclic) bond motifs is 1. The Bertz CT molecular complexity index is 796. The standard InChI is InChI=1S/C21H21BrN2O/c22-11-4-1-5-12-24-20-10-3-2-8-18(20)14-19(21(24)25)17-9-6-7-16(13-17)15-23/h2-3,6-10,13,19H,1,4-5,11-12,14H2. The first-order valence-electron chi connectivity index (χ1n) is 8.70. The van der Waals surface area contributed by atoms with E-state index in [9.17, 15) is 4.79 Å². The van der Waals surface area contributed by atoms with Gasteiger partial charge in [0.15, 0.2) is 0 Å². The molecule has 0 radical (unpaired) electrons. The Kier molecular flexibility index (Phi) is 5.88. The SMILES string of the molecule is N#Cc1cccc(C2Cc3ccccc3N(CCCCCBr)C2=O)c1. The van der Waals surface area contributed by atoms with Crippen LogP contribution in [0.2, 0.25) is 0 Å². The van der Waals surface area contributed by atoms with Crippen molar-refractivity contribution < 1.29 is 4.79 Å². The van der Waals surface area contributed by atoms with Gasteiger partial charge in [-0.05, 0) is 48.6 Å². The summed E-state index contributed by atoms with van der Waals surface area (Å²) in [4.78, 5) is 15.1. The van der Waals surface area contributed by atoms with E-state index in [-0.39, 0.29) is 11.8 Å². The molecule has 0 N–H and O–H groups in total. The Balaban J connectivity index is 1.89. The maximum absolute atomic E-state index is 13.2. The molecule has 1 atom stereocenters. The molecule has 0 aliphatic carbocycles. The van der Waals surface area contributed by atoms with Gasteiger partial charge in [-0.3, -0.25) is 4.79 Å².